The van der Waals surface area contributed by atoms with Crippen molar-refractivity contribution in [2.75, 3.05) is 13.1 Å². The summed E-state index contributed by atoms with van der Waals surface area (Å²) in [6, 6.07) is 0. The Bertz CT molecular complexity index is 42.1. The average Bonchev–Trinajstić information content (AvgIpc) is 1.86. The summed E-state index contributed by atoms with van der Waals surface area (Å²) in [6.07, 6.45) is 0. The molecule has 4 nitrogen and oxygen atoms in total. The molecule has 4 heteroatoms. The van der Waals surface area contributed by atoms with E-state index in [0.29, 0.717) is 6.54 Å². The Morgan fingerprint density at radius 3 is 2.67 bits per heavy atom. The topological polar surface area (TPSA) is 50.4 Å². The van der Waals surface area contributed by atoms with Gasteiger partial charge in [-0.1, -0.05) is 0 Å². The molecule has 0 aliphatic carbocycles. The molecule has 1 aliphatic rings. The Kier molecular flexibility index (Phi) is 1.02. The fraction of sp³-hybridized carbons (Fsp3) is 1.00. The minimum Gasteiger partial charge on any atom is -0.771 e. The normalized spacial score (nSPS) is 25.5. The maximum absolute atomic E-state index is 9.99. The molecular weight excluding hydrogens is 82.0 g/mol. The van der Waals surface area contributed by atoms with Gasteiger partial charge >= 0.3 is 0 Å². The van der Waals surface area contributed by atoms with Crippen LogP contribution in [0.4, 0.5) is 0 Å². The van der Waals surface area contributed by atoms with Crippen molar-refractivity contribution < 1.29 is 0 Å². The minimum atomic E-state index is 0.542. The van der Waals surface area contributed by atoms with E-state index < -0.39 is 0 Å². The minimum absolute atomic E-state index is 0.542. The number of hydrogen-bond donors (Lipinski definition) is 2. The van der Waals surface area contributed by atoms with Crippen molar-refractivity contribution in [1.29, 1.82) is 0 Å². The van der Waals surface area contributed by atoms with Gasteiger partial charge in [-0.15, -0.1) is 0 Å². The van der Waals surface area contributed by atoms with Gasteiger partial charge in [-0.3, -0.25) is 0 Å². The molecule has 0 atom stereocenters. The van der Waals surface area contributed by atoms with E-state index in [4.69, 9.17) is 0 Å². The molecule has 0 aromatic rings. The molecule has 0 radical (unpaired) electrons. The summed E-state index contributed by atoms with van der Waals surface area (Å²) in [7, 11) is 0. The van der Waals surface area contributed by atoms with Crippen LogP contribution >= 0.6 is 0 Å². The molecule has 1 saturated heterocycles. The summed E-state index contributed by atoms with van der Waals surface area (Å²) < 4.78 is 0. The molecule has 0 amide bonds. The van der Waals surface area contributed by atoms with E-state index in [2.05, 4.69) is 11.0 Å². The highest BCUT2D eigenvalue weighted by atomic mass is 16.6. The fourth-order valence-electron chi connectivity index (χ4n) is 0.357. The van der Waals surface area contributed by atoms with Gasteiger partial charge in [0.05, 0.1) is 0 Å². The van der Waals surface area contributed by atoms with E-state index in [-0.39, 0.29) is 0 Å². The third-order valence-corrected chi connectivity index (χ3v) is 0.644. The molecule has 0 aromatic carbocycles. The lowest BCUT2D eigenvalue weighted by Gasteiger charge is -2.17. The number of hydroxylamine groups is 1. The van der Waals surface area contributed by atoms with E-state index in [1.165, 1.54) is 0 Å². The van der Waals surface area contributed by atoms with Gasteiger partial charge in [0, 0.05) is 13.1 Å². The second-order valence-corrected chi connectivity index (χ2v) is 1.14. The number of nitrogens with one attached hydrogen (secondary N) is 2. The van der Waals surface area contributed by atoms with E-state index >= 15 is 0 Å². The summed E-state index contributed by atoms with van der Waals surface area (Å²) in [6.45, 7) is 1.28. The predicted octanol–water partition coefficient (Wildman–Crippen LogP) is -1.19. The van der Waals surface area contributed by atoms with E-state index in [1.807, 2.05) is 0 Å². The first kappa shape index (κ1) is 4.01. The summed E-state index contributed by atoms with van der Waals surface area (Å²) in [5.41, 5.74) is 4.98. The second kappa shape index (κ2) is 1.53. The molecular formula is C2H6N3O-. The highest BCUT2D eigenvalue weighted by molar-refractivity contribution is 4.56. The van der Waals surface area contributed by atoms with Crippen LogP contribution in [0.1, 0.15) is 0 Å². The SMILES string of the molecule is [O-]N1CCNN1. The fourth-order valence-corrected chi connectivity index (χ4v) is 0.357. The van der Waals surface area contributed by atoms with Gasteiger partial charge in [-0.2, -0.15) is 0 Å². The number of hydrazine groups is 2. The molecule has 1 fully saturated rings. The van der Waals surface area contributed by atoms with Crippen molar-refractivity contribution in [2.24, 2.45) is 0 Å². The average molecular weight is 88.1 g/mol. The van der Waals surface area contributed by atoms with Gasteiger partial charge in [0.15, 0.2) is 0 Å². The summed E-state index contributed by atoms with van der Waals surface area (Å²) in [4.78, 5) is 0. The molecule has 0 unspecified atom stereocenters. The zero-order valence-corrected chi connectivity index (χ0v) is 3.27. The largest absolute Gasteiger partial charge is 0.771 e. The molecule has 2 N–H and O–H groups in total. The lowest BCUT2D eigenvalue weighted by atomic mass is 10.7. The molecule has 36 valence electrons. The monoisotopic (exact) mass is 88.1 g/mol. The van der Waals surface area contributed by atoms with E-state index in [1.54, 1.807) is 0 Å². The summed E-state index contributed by atoms with van der Waals surface area (Å²) in [5.74, 6) is 0. The Morgan fingerprint density at radius 2 is 2.50 bits per heavy atom. The van der Waals surface area contributed by atoms with Gasteiger partial charge < -0.3 is 10.4 Å². The number of hydrogen-bond acceptors (Lipinski definition) is 4. The first-order valence-electron chi connectivity index (χ1n) is 1.83. The van der Waals surface area contributed by atoms with Crippen LogP contribution in [-0.2, 0) is 0 Å². The van der Waals surface area contributed by atoms with Crippen LogP contribution in [0.5, 0.6) is 0 Å². The maximum Gasteiger partial charge on any atom is 0.0244 e. The van der Waals surface area contributed by atoms with Gasteiger partial charge in [-0.25, -0.2) is 11.0 Å². The van der Waals surface area contributed by atoms with Gasteiger partial charge in [0.1, 0.15) is 0 Å². The Balaban J connectivity index is 2.18. The first-order valence-corrected chi connectivity index (χ1v) is 1.83. The molecule has 0 aromatic heterocycles. The van der Waals surface area contributed by atoms with Crippen LogP contribution in [0.15, 0.2) is 0 Å². The molecule has 0 spiro atoms. The zero-order chi connectivity index (χ0) is 4.41. The van der Waals surface area contributed by atoms with E-state index in [0.717, 1.165) is 11.7 Å². The standard InChI is InChI=1S/C2H6N3O/c6-5-2-1-3-4-5/h3-4H,1-2H2/q-1. The number of rotatable bonds is 0. The third kappa shape index (κ3) is 0.662. The van der Waals surface area contributed by atoms with Gasteiger partial charge in [0.2, 0.25) is 0 Å². The van der Waals surface area contributed by atoms with Crippen LogP contribution in [0.2, 0.25) is 0 Å². The highest BCUT2D eigenvalue weighted by Gasteiger charge is 1.94. The third-order valence-electron chi connectivity index (χ3n) is 0.644. The number of nitrogens with zero attached hydrogens (tertiary/aromatic N) is 1. The van der Waals surface area contributed by atoms with E-state index in [9.17, 15) is 5.21 Å². The Labute approximate surface area is 35.6 Å². The van der Waals surface area contributed by atoms with Crippen molar-refractivity contribution in [1.82, 2.24) is 16.1 Å². The quantitative estimate of drug-likeness (QED) is 0.391. The van der Waals surface area contributed by atoms with Crippen molar-refractivity contribution in [3.8, 4) is 0 Å². The van der Waals surface area contributed by atoms with Crippen molar-refractivity contribution >= 4 is 0 Å². The second-order valence-electron chi connectivity index (χ2n) is 1.14. The Hall–Kier alpha value is -0.160. The van der Waals surface area contributed by atoms with Crippen LogP contribution in [0.3, 0.4) is 0 Å². The molecule has 1 aliphatic heterocycles. The Morgan fingerprint density at radius 1 is 1.67 bits per heavy atom. The first-order chi connectivity index (χ1) is 2.89. The smallest absolute Gasteiger partial charge is 0.0244 e. The van der Waals surface area contributed by atoms with Crippen molar-refractivity contribution in [3.05, 3.63) is 5.21 Å². The lowest BCUT2D eigenvalue weighted by molar-refractivity contribution is 0.330. The predicted molar refractivity (Wildman–Crippen MR) is 21.2 cm³/mol. The molecule has 0 saturated carbocycles. The highest BCUT2D eigenvalue weighted by Crippen LogP contribution is 1.76. The molecule has 0 bridgehead atoms. The van der Waals surface area contributed by atoms with Crippen molar-refractivity contribution in [2.45, 2.75) is 0 Å². The maximum atomic E-state index is 9.99. The van der Waals surface area contributed by atoms with Crippen LogP contribution in [0.25, 0.3) is 0 Å². The lowest BCUT2D eigenvalue weighted by Crippen LogP contribution is -2.30. The molecule has 1 heterocycles. The van der Waals surface area contributed by atoms with Crippen LogP contribution in [0, 0.1) is 5.21 Å². The summed E-state index contributed by atoms with van der Waals surface area (Å²) in [5, 5.41) is 10.7. The van der Waals surface area contributed by atoms with Crippen LogP contribution < -0.4 is 11.0 Å². The summed E-state index contributed by atoms with van der Waals surface area (Å²) >= 11 is 0. The molecule has 1 rings (SSSR count). The van der Waals surface area contributed by atoms with Gasteiger partial charge in [-0.05, 0) is 0 Å². The van der Waals surface area contributed by atoms with Crippen LogP contribution in [-0.4, -0.2) is 18.3 Å². The van der Waals surface area contributed by atoms with Crippen molar-refractivity contribution in [3.63, 3.8) is 0 Å². The molecule has 6 heavy (non-hydrogen) atoms. The zero-order valence-electron chi connectivity index (χ0n) is 3.27. The van der Waals surface area contributed by atoms with Gasteiger partial charge in [0.25, 0.3) is 0 Å².